The Kier molecular flexibility index (Phi) is 3.27. The third kappa shape index (κ3) is 2.23. The Hall–Kier alpha value is -4.17. The molecule has 9 rings (SSSR count). The fraction of sp³-hybridized carbons (Fsp3) is 0.121. The molecule has 4 aromatic carbocycles. The lowest BCUT2D eigenvalue weighted by Crippen LogP contribution is -2.26. The van der Waals surface area contributed by atoms with Crippen LogP contribution in [0.4, 0.5) is 17.1 Å². The highest BCUT2D eigenvalue weighted by molar-refractivity contribution is 5.98. The van der Waals surface area contributed by atoms with Crippen molar-refractivity contribution < 1.29 is 0 Å². The maximum Gasteiger partial charge on any atom is 0.0716 e. The van der Waals surface area contributed by atoms with Gasteiger partial charge in [-0.2, -0.15) is 0 Å². The Labute approximate surface area is 204 Å². The standard InChI is InChI=1S/C33H22N2/c1-3-7-24-19(5-1)15-21-9-10-22-16-26-25(32(22)31(21)24)11-12-30-27(26)17-23-13-14-34-28-18-20-6-2-4-8-29(20)35(30)33(23)28/h1-14H,15-18H2. The molecular formula is C33H22N2. The number of fused-ring (bicyclic) bond motifs is 12. The molecule has 0 saturated carbocycles. The van der Waals surface area contributed by atoms with Gasteiger partial charge in [0.1, 0.15) is 0 Å². The van der Waals surface area contributed by atoms with Crippen LogP contribution in [-0.2, 0) is 25.7 Å². The molecule has 0 radical (unpaired) electrons. The van der Waals surface area contributed by atoms with E-state index in [0.717, 1.165) is 25.7 Å². The Bertz CT molecular complexity index is 1760. The number of pyridine rings is 1. The van der Waals surface area contributed by atoms with E-state index >= 15 is 0 Å². The van der Waals surface area contributed by atoms with Crippen molar-refractivity contribution in [2.24, 2.45) is 0 Å². The summed E-state index contributed by atoms with van der Waals surface area (Å²) in [5, 5.41) is 0. The predicted molar refractivity (Wildman–Crippen MR) is 141 cm³/mol. The third-order valence-corrected chi connectivity index (χ3v) is 8.59. The Balaban J connectivity index is 1.30. The minimum atomic E-state index is 0.910. The van der Waals surface area contributed by atoms with E-state index in [1.807, 2.05) is 6.20 Å². The zero-order valence-corrected chi connectivity index (χ0v) is 19.3. The average Bonchev–Trinajstić information content (AvgIpc) is 3.46. The van der Waals surface area contributed by atoms with Gasteiger partial charge in [0.15, 0.2) is 0 Å². The van der Waals surface area contributed by atoms with Crippen molar-refractivity contribution in [2.45, 2.75) is 25.7 Å². The van der Waals surface area contributed by atoms with Gasteiger partial charge in [0.25, 0.3) is 0 Å². The quantitative estimate of drug-likeness (QED) is 0.240. The molecule has 4 aliphatic rings. The Morgan fingerprint density at radius 1 is 0.514 bits per heavy atom. The van der Waals surface area contributed by atoms with E-state index in [2.05, 4.69) is 83.8 Å². The molecule has 0 saturated heterocycles. The second-order valence-corrected chi connectivity index (χ2v) is 10.3. The van der Waals surface area contributed by atoms with Gasteiger partial charge in [0.2, 0.25) is 0 Å². The summed E-state index contributed by atoms with van der Waals surface area (Å²) >= 11 is 0. The van der Waals surface area contributed by atoms with Crippen molar-refractivity contribution in [3.05, 3.63) is 130 Å². The SMILES string of the molecule is c1ccc2c(c1)Cc1ccc3c(c1-2)-c1ccc2c(c1C3)Cc1ccnc3c1N2c1ccccc1C3. The van der Waals surface area contributed by atoms with Gasteiger partial charge in [0.05, 0.1) is 17.1 Å². The van der Waals surface area contributed by atoms with E-state index in [-0.39, 0.29) is 0 Å². The van der Waals surface area contributed by atoms with Gasteiger partial charge in [-0.25, -0.2) is 0 Å². The van der Waals surface area contributed by atoms with Crippen LogP contribution >= 0.6 is 0 Å². The van der Waals surface area contributed by atoms with Crippen molar-refractivity contribution in [1.29, 1.82) is 0 Å². The second kappa shape index (κ2) is 6.28. The molecule has 0 atom stereocenters. The molecule has 5 aromatic rings. The van der Waals surface area contributed by atoms with Crippen LogP contribution in [0, 0.1) is 0 Å². The maximum atomic E-state index is 4.81. The number of hydrogen-bond donors (Lipinski definition) is 0. The van der Waals surface area contributed by atoms with Crippen molar-refractivity contribution in [2.75, 3.05) is 4.90 Å². The van der Waals surface area contributed by atoms with E-state index in [4.69, 9.17) is 4.98 Å². The first-order valence-corrected chi connectivity index (χ1v) is 12.6. The Morgan fingerprint density at radius 2 is 1.29 bits per heavy atom. The van der Waals surface area contributed by atoms with Crippen LogP contribution in [0.15, 0.2) is 85.1 Å². The number of hydrogen-bond acceptors (Lipinski definition) is 2. The average molecular weight is 447 g/mol. The fourth-order valence-electron chi connectivity index (χ4n) is 7.14. The predicted octanol–water partition coefficient (Wildman–Crippen LogP) is 7.50. The fourth-order valence-corrected chi connectivity index (χ4v) is 7.14. The molecule has 0 N–H and O–H groups in total. The van der Waals surface area contributed by atoms with Crippen LogP contribution in [0.1, 0.15) is 44.6 Å². The normalized spacial score (nSPS) is 14.9. The number of para-hydroxylation sites is 1. The first kappa shape index (κ1) is 18.2. The molecule has 35 heavy (non-hydrogen) atoms. The summed E-state index contributed by atoms with van der Waals surface area (Å²) in [5.41, 5.74) is 21.1. The van der Waals surface area contributed by atoms with Gasteiger partial charge in [-0.3, -0.25) is 4.98 Å². The molecule has 1 aromatic heterocycles. The van der Waals surface area contributed by atoms with E-state index in [1.165, 1.54) is 84.0 Å². The summed E-state index contributed by atoms with van der Waals surface area (Å²) in [6.07, 6.45) is 5.97. The number of anilines is 3. The summed E-state index contributed by atoms with van der Waals surface area (Å²) in [4.78, 5) is 7.31. The van der Waals surface area contributed by atoms with Crippen molar-refractivity contribution in [1.82, 2.24) is 4.98 Å². The summed E-state index contributed by atoms with van der Waals surface area (Å²) in [6, 6.07) is 29.6. The van der Waals surface area contributed by atoms with Crippen molar-refractivity contribution in [3.63, 3.8) is 0 Å². The summed E-state index contributed by atoms with van der Waals surface area (Å²) < 4.78 is 0. The van der Waals surface area contributed by atoms with Gasteiger partial charge < -0.3 is 4.90 Å². The second-order valence-electron chi connectivity index (χ2n) is 10.3. The van der Waals surface area contributed by atoms with E-state index < -0.39 is 0 Å². The van der Waals surface area contributed by atoms with E-state index in [9.17, 15) is 0 Å². The lowest BCUT2D eigenvalue weighted by molar-refractivity contribution is 0.953. The number of aromatic nitrogens is 1. The first-order valence-electron chi connectivity index (χ1n) is 12.6. The molecule has 2 aliphatic heterocycles. The highest BCUT2D eigenvalue weighted by Crippen LogP contribution is 2.55. The topological polar surface area (TPSA) is 16.1 Å². The van der Waals surface area contributed by atoms with Gasteiger partial charge in [0, 0.05) is 24.7 Å². The molecule has 2 aliphatic carbocycles. The van der Waals surface area contributed by atoms with Crippen LogP contribution in [0.2, 0.25) is 0 Å². The molecular weight excluding hydrogens is 424 g/mol. The molecule has 0 bridgehead atoms. The van der Waals surface area contributed by atoms with Gasteiger partial charge in [-0.05, 0) is 92.2 Å². The monoisotopic (exact) mass is 446 g/mol. The third-order valence-electron chi connectivity index (χ3n) is 8.59. The van der Waals surface area contributed by atoms with Gasteiger partial charge in [-0.1, -0.05) is 60.7 Å². The highest BCUT2D eigenvalue weighted by atomic mass is 15.2. The molecule has 0 fully saturated rings. The van der Waals surface area contributed by atoms with Crippen LogP contribution < -0.4 is 4.90 Å². The zero-order chi connectivity index (χ0) is 22.7. The molecule has 3 heterocycles. The lowest BCUT2D eigenvalue weighted by atomic mass is 9.85. The van der Waals surface area contributed by atoms with Gasteiger partial charge in [-0.15, -0.1) is 0 Å². The van der Waals surface area contributed by atoms with Crippen LogP contribution in [0.3, 0.4) is 0 Å². The minimum Gasteiger partial charge on any atom is -0.308 e. The molecule has 0 amide bonds. The van der Waals surface area contributed by atoms with E-state index in [0.29, 0.717) is 0 Å². The van der Waals surface area contributed by atoms with E-state index in [1.54, 1.807) is 0 Å². The molecule has 2 heteroatoms. The summed E-state index contributed by atoms with van der Waals surface area (Å²) in [5.74, 6) is 0. The molecule has 164 valence electrons. The van der Waals surface area contributed by atoms with Crippen LogP contribution in [0.25, 0.3) is 22.3 Å². The maximum absolute atomic E-state index is 4.81. The lowest BCUT2D eigenvalue weighted by Gasteiger charge is -2.39. The van der Waals surface area contributed by atoms with Crippen LogP contribution in [0.5, 0.6) is 0 Å². The first-order chi connectivity index (χ1) is 17.3. The Morgan fingerprint density at radius 3 is 2.23 bits per heavy atom. The number of rotatable bonds is 0. The van der Waals surface area contributed by atoms with Crippen LogP contribution in [-0.4, -0.2) is 4.98 Å². The van der Waals surface area contributed by atoms with Crippen molar-refractivity contribution in [3.8, 4) is 22.3 Å². The van der Waals surface area contributed by atoms with Gasteiger partial charge >= 0.3 is 0 Å². The number of nitrogens with zero attached hydrogens (tertiary/aromatic N) is 2. The number of benzene rings is 4. The minimum absolute atomic E-state index is 0.910. The molecule has 2 nitrogen and oxygen atoms in total. The largest absolute Gasteiger partial charge is 0.308 e. The smallest absolute Gasteiger partial charge is 0.0716 e. The molecule has 0 unspecified atom stereocenters. The zero-order valence-electron chi connectivity index (χ0n) is 19.3. The summed E-state index contributed by atoms with van der Waals surface area (Å²) in [6.45, 7) is 0. The summed E-state index contributed by atoms with van der Waals surface area (Å²) in [7, 11) is 0. The highest BCUT2D eigenvalue weighted by Gasteiger charge is 2.36. The molecule has 0 spiro atoms. The van der Waals surface area contributed by atoms with Crippen molar-refractivity contribution >= 4 is 17.1 Å².